The normalized spacial score (nSPS) is 10.9. The van der Waals surface area contributed by atoms with Gasteiger partial charge < -0.3 is 30.9 Å². The maximum atomic E-state index is 12.4. The van der Waals surface area contributed by atoms with Gasteiger partial charge in [-0.2, -0.15) is 4.98 Å². The van der Waals surface area contributed by atoms with Crippen molar-refractivity contribution in [1.82, 2.24) is 15.0 Å². The first-order valence-electron chi connectivity index (χ1n) is 13.4. The average molecular weight is 579 g/mol. The molecule has 2 aromatic heterocycles. The van der Waals surface area contributed by atoms with E-state index in [1.165, 1.54) is 26.5 Å². The van der Waals surface area contributed by atoms with Crippen molar-refractivity contribution in [1.29, 1.82) is 0 Å². The third kappa shape index (κ3) is 6.15. The Morgan fingerprint density at radius 2 is 1.65 bits per heavy atom. The zero-order valence-corrected chi connectivity index (χ0v) is 24.0. The van der Waals surface area contributed by atoms with E-state index in [0.29, 0.717) is 45.3 Å². The summed E-state index contributed by atoms with van der Waals surface area (Å²) in [6.45, 7) is 4.21. The fourth-order valence-corrected chi connectivity index (χ4v) is 4.67. The number of aromatic carboxylic acids is 1. The lowest BCUT2D eigenvalue weighted by atomic mass is 10.0. The SMILES string of the molecule is COc1ncc(-c2ccc3c(Nc4cc(Nc5cccc(C(C)C)c5)cc(C(=O)O)c4)c(C(N)=O)cnc3c2)c(OC)n1. The van der Waals surface area contributed by atoms with E-state index in [9.17, 15) is 14.7 Å². The number of nitrogens with one attached hydrogen (secondary N) is 2. The number of nitrogens with zero attached hydrogens (tertiary/aromatic N) is 3. The Kier molecular flexibility index (Phi) is 8.06. The molecule has 0 saturated heterocycles. The number of ether oxygens (including phenoxy) is 2. The molecule has 0 spiro atoms. The Balaban J connectivity index is 1.57. The van der Waals surface area contributed by atoms with E-state index in [0.717, 1.165) is 16.8 Å². The van der Waals surface area contributed by atoms with Crippen LogP contribution in [0.1, 0.15) is 46.0 Å². The molecule has 0 atom stereocenters. The molecule has 218 valence electrons. The third-order valence-electron chi connectivity index (χ3n) is 6.84. The van der Waals surface area contributed by atoms with Crippen LogP contribution in [-0.2, 0) is 0 Å². The van der Waals surface area contributed by atoms with Crippen molar-refractivity contribution in [2.45, 2.75) is 19.8 Å². The molecule has 0 aliphatic rings. The molecule has 0 aliphatic heterocycles. The van der Waals surface area contributed by atoms with Gasteiger partial charge in [-0.15, -0.1) is 0 Å². The minimum absolute atomic E-state index is 0.0559. The maximum absolute atomic E-state index is 12.4. The standard InChI is InChI=1S/C32H30N6O5/c1-17(2)18-6-5-7-21(10-18)36-22-11-20(31(40)41)12-23(14-22)37-28-24-9-8-19(13-27(24)34-16-26(28)29(33)39)25-15-35-32(43-4)38-30(25)42-3/h5-17,36H,1-4H3,(H2,33,39)(H,34,37)(H,40,41). The number of aromatic nitrogens is 3. The highest BCUT2D eigenvalue weighted by Crippen LogP contribution is 2.35. The van der Waals surface area contributed by atoms with Gasteiger partial charge >= 0.3 is 12.0 Å². The summed E-state index contributed by atoms with van der Waals surface area (Å²) in [4.78, 5) is 37.4. The van der Waals surface area contributed by atoms with E-state index in [2.05, 4.69) is 39.4 Å². The number of nitrogens with two attached hydrogens (primary N) is 1. The van der Waals surface area contributed by atoms with E-state index in [-0.39, 0.29) is 17.1 Å². The van der Waals surface area contributed by atoms with E-state index < -0.39 is 11.9 Å². The molecule has 0 radical (unpaired) electrons. The molecule has 5 aromatic rings. The summed E-state index contributed by atoms with van der Waals surface area (Å²) < 4.78 is 10.5. The first-order chi connectivity index (χ1) is 20.7. The van der Waals surface area contributed by atoms with E-state index in [4.69, 9.17) is 15.2 Å². The number of benzene rings is 3. The van der Waals surface area contributed by atoms with Crippen molar-refractivity contribution in [3.63, 3.8) is 0 Å². The van der Waals surface area contributed by atoms with Gasteiger partial charge in [0.25, 0.3) is 5.91 Å². The topological polar surface area (TPSA) is 162 Å². The Morgan fingerprint density at radius 3 is 2.33 bits per heavy atom. The first-order valence-corrected chi connectivity index (χ1v) is 13.4. The van der Waals surface area contributed by atoms with Crippen molar-refractivity contribution in [3.8, 4) is 23.0 Å². The number of rotatable bonds is 10. The van der Waals surface area contributed by atoms with Crippen molar-refractivity contribution in [2.24, 2.45) is 5.73 Å². The lowest BCUT2D eigenvalue weighted by molar-refractivity contribution is 0.0696. The minimum Gasteiger partial charge on any atom is -0.480 e. The van der Waals surface area contributed by atoms with Crippen LogP contribution in [0.4, 0.5) is 22.7 Å². The van der Waals surface area contributed by atoms with Crippen molar-refractivity contribution in [3.05, 3.63) is 89.7 Å². The zero-order valence-electron chi connectivity index (χ0n) is 24.0. The van der Waals surface area contributed by atoms with Gasteiger partial charge in [0, 0.05) is 34.8 Å². The number of hydrogen-bond donors (Lipinski definition) is 4. The number of carbonyl (C=O) groups excluding carboxylic acids is 1. The second-order valence-corrected chi connectivity index (χ2v) is 10.1. The Morgan fingerprint density at radius 1 is 0.884 bits per heavy atom. The summed E-state index contributed by atoms with van der Waals surface area (Å²) in [5.74, 6) is -1.14. The molecule has 5 N–H and O–H groups in total. The molecule has 1 amide bonds. The van der Waals surface area contributed by atoms with E-state index >= 15 is 0 Å². The number of pyridine rings is 1. The molecule has 5 rings (SSSR count). The number of carbonyl (C=O) groups is 2. The summed E-state index contributed by atoms with van der Waals surface area (Å²) in [6, 6.07) is 18.3. The van der Waals surface area contributed by atoms with Crippen LogP contribution in [0, 0.1) is 0 Å². The molecule has 11 heteroatoms. The lowest BCUT2D eigenvalue weighted by Crippen LogP contribution is -2.14. The Bertz CT molecular complexity index is 1860. The van der Waals surface area contributed by atoms with Crippen LogP contribution in [0.3, 0.4) is 0 Å². The monoisotopic (exact) mass is 578 g/mol. The molecular formula is C32H30N6O5. The first kappa shape index (κ1) is 28.8. The third-order valence-corrected chi connectivity index (χ3v) is 6.84. The second kappa shape index (κ2) is 12.0. The molecule has 3 aromatic carbocycles. The van der Waals surface area contributed by atoms with Crippen LogP contribution >= 0.6 is 0 Å². The second-order valence-electron chi connectivity index (χ2n) is 10.1. The number of carboxylic acids is 1. The number of amides is 1. The van der Waals surface area contributed by atoms with Crippen LogP contribution < -0.4 is 25.8 Å². The van der Waals surface area contributed by atoms with Crippen molar-refractivity contribution >= 4 is 45.5 Å². The Hall–Kier alpha value is -5.71. The molecular weight excluding hydrogens is 548 g/mol. The minimum atomic E-state index is -1.10. The van der Waals surface area contributed by atoms with E-state index in [1.807, 2.05) is 30.3 Å². The quantitative estimate of drug-likeness (QED) is 0.152. The fraction of sp³-hybridized carbons (Fsp3) is 0.156. The summed E-state index contributed by atoms with van der Waals surface area (Å²) in [6.07, 6.45) is 2.97. The number of carboxylic acid groups (broad SMARTS) is 1. The lowest BCUT2D eigenvalue weighted by Gasteiger charge is -2.16. The predicted octanol–water partition coefficient (Wildman–Crippen LogP) is 6.12. The van der Waals surface area contributed by atoms with Crippen LogP contribution in [-0.4, -0.2) is 46.2 Å². The van der Waals surface area contributed by atoms with Gasteiger partial charge in [0.2, 0.25) is 5.88 Å². The predicted molar refractivity (Wildman–Crippen MR) is 165 cm³/mol. The highest BCUT2D eigenvalue weighted by atomic mass is 16.5. The average Bonchev–Trinajstić information content (AvgIpc) is 3.00. The highest BCUT2D eigenvalue weighted by Gasteiger charge is 2.18. The van der Waals surface area contributed by atoms with E-state index in [1.54, 1.807) is 30.5 Å². The van der Waals surface area contributed by atoms with Gasteiger partial charge in [-0.05, 0) is 53.4 Å². The number of methoxy groups -OCH3 is 2. The number of fused-ring (bicyclic) bond motifs is 1. The molecule has 2 heterocycles. The summed E-state index contributed by atoms with van der Waals surface area (Å²) in [5, 5.41) is 17.0. The fourth-order valence-electron chi connectivity index (χ4n) is 4.67. The van der Waals surface area contributed by atoms with Gasteiger partial charge in [-0.1, -0.05) is 38.1 Å². The van der Waals surface area contributed by atoms with Crippen molar-refractivity contribution < 1.29 is 24.2 Å². The Labute approximate surface area is 247 Å². The summed E-state index contributed by atoms with van der Waals surface area (Å²) in [5.41, 5.74) is 11.1. The van der Waals surface area contributed by atoms with Gasteiger partial charge in [0.05, 0.1) is 42.1 Å². The van der Waals surface area contributed by atoms with Crippen LogP contribution in [0.5, 0.6) is 11.9 Å². The molecule has 0 fully saturated rings. The smallest absolute Gasteiger partial charge is 0.335 e. The number of anilines is 4. The number of primary amides is 1. The van der Waals surface area contributed by atoms with Gasteiger partial charge in [0.1, 0.15) is 0 Å². The highest BCUT2D eigenvalue weighted by molar-refractivity contribution is 6.08. The van der Waals surface area contributed by atoms with Crippen LogP contribution in [0.15, 0.2) is 73.1 Å². The number of hydrogen-bond acceptors (Lipinski definition) is 9. The molecule has 0 bridgehead atoms. The molecule has 43 heavy (non-hydrogen) atoms. The van der Waals surface area contributed by atoms with Gasteiger partial charge in [0.15, 0.2) is 0 Å². The largest absolute Gasteiger partial charge is 0.480 e. The molecule has 0 aliphatic carbocycles. The van der Waals surface area contributed by atoms with Crippen molar-refractivity contribution in [2.75, 3.05) is 24.9 Å². The van der Waals surface area contributed by atoms with Gasteiger partial charge in [-0.25, -0.2) is 9.78 Å². The van der Waals surface area contributed by atoms with Crippen LogP contribution in [0.25, 0.3) is 22.0 Å². The molecule has 0 unspecified atom stereocenters. The summed E-state index contributed by atoms with van der Waals surface area (Å²) >= 11 is 0. The molecule has 0 saturated carbocycles. The zero-order chi connectivity index (χ0) is 30.7. The van der Waals surface area contributed by atoms with Gasteiger partial charge in [-0.3, -0.25) is 9.78 Å². The summed E-state index contributed by atoms with van der Waals surface area (Å²) in [7, 11) is 2.97. The molecule has 11 nitrogen and oxygen atoms in total. The maximum Gasteiger partial charge on any atom is 0.335 e. The van der Waals surface area contributed by atoms with Crippen LogP contribution in [0.2, 0.25) is 0 Å².